The molecule has 15 heavy (non-hydrogen) atoms. The molecule has 2 fully saturated rings. The van der Waals surface area contributed by atoms with Gasteiger partial charge in [0.2, 0.25) is 0 Å². The van der Waals surface area contributed by atoms with E-state index < -0.39 is 0 Å². The predicted molar refractivity (Wildman–Crippen MR) is 66.2 cm³/mol. The van der Waals surface area contributed by atoms with Crippen molar-refractivity contribution < 1.29 is 4.74 Å². The first-order chi connectivity index (χ1) is 7.09. The fourth-order valence-corrected chi connectivity index (χ4v) is 4.14. The van der Waals surface area contributed by atoms with Crippen molar-refractivity contribution in [3.63, 3.8) is 0 Å². The second-order valence-corrected chi connectivity index (χ2v) is 6.83. The van der Waals surface area contributed by atoms with Gasteiger partial charge >= 0.3 is 0 Å². The maximum atomic E-state index is 6.28. The van der Waals surface area contributed by atoms with Crippen molar-refractivity contribution in [2.24, 2.45) is 11.1 Å². The van der Waals surface area contributed by atoms with E-state index in [9.17, 15) is 0 Å². The molecule has 88 valence electrons. The molecule has 2 rings (SSSR count). The van der Waals surface area contributed by atoms with Crippen LogP contribution in [0.2, 0.25) is 0 Å². The highest BCUT2D eigenvalue weighted by molar-refractivity contribution is 8.00. The Labute approximate surface area is 97.3 Å². The predicted octanol–water partition coefficient (Wildman–Crippen LogP) is 2.41. The van der Waals surface area contributed by atoms with Gasteiger partial charge in [-0.1, -0.05) is 13.8 Å². The van der Waals surface area contributed by atoms with Gasteiger partial charge in [-0.05, 0) is 31.1 Å². The fourth-order valence-electron chi connectivity index (χ4n) is 2.56. The first-order valence-electron chi connectivity index (χ1n) is 6.08. The summed E-state index contributed by atoms with van der Waals surface area (Å²) in [6, 6.07) is 0.365. The van der Waals surface area contributed by atoms with E-state index in [0.717, 1.165) is 12.4 Å². The van der Waals surface area contributed by atoms with Gasteiger partial charge in [0, 0.05) is 23.7 Å². The minimum absolute atomic E-state index is 0.341. The fraction of sp³-hybridized carbons (Fsp3) is 1.00. The number of hydrogen-bond donors (Lipinski definition) is 1. The van der Waals surface area contributed by atoms with Crippen LogP contribution in [0.25, 0.3) is 0 Å². The van der Waals surface area contributed by atoms with E-state index in [4.69, 9.17) is 10.5 Å². The molecule has 1 saturated heterocycles. The lowest BCUT2D eigenvalue weighted by atomic mass is 9.88. The maximum absolute atomic E-state index is 6.28. The molecule has 0 aromatic carbocycles. The monoisotopic (exact) mass is 229 g/mol. The Bertz CT molecular complexity index is 214. The number of rotatable bonds is 3. The lowest BCUT2D eigenvalue weighted by Crippen LogP contribution is -2.38. The first kappa shape index (κ1) is 11.7. The van der Waals surface area contributed by atoms with E-state index in [-0.39, 0.29) is 0 Å². The van der Waals surface area contributed by atoms with Crippen molar-refractivity contribution in [2.75, 3.05) is 12.4 Å². The Morgan fingerprint density at radius 3 is 2.73 bits per heavy atom. The van der Waals surface area contributed by atoms with Gasteiger partial charge < -0.3 is 10.5 Å². The molecule has 3 heteroatoms. The lowest BCUT2D eigenvalue weighted by molar-refractivity contribution is 0.128. The molecule has 2 aliphatic rings. The molecule has 2 nitrogen and oxygen atoms in total. The van der Waals surface area contributed by atoms with E-state index in [2.05, 4.69) is 13.8 Å². The molecular weight excluding hydrogens is 206 g/mol. The van der Waals surface area contributed by atoms with Gasteiger partial charge in [-0.3, -0.25) is 0 Å². The second-order valence-electron chi connectivity index (χ2n) is 5.56. The summed E-state index contributed by atoms with van der Waals surface area (Å²) in [6.45, 7) is 5.56. The summed E-state index contributed by atoms with van der Waals surface area (Å²) in [7, 11) is 0. The highest BCUT2D eigenvalue weighted by atomic mass is 32.2. The van der Waals surface area contributed by atoms with Gasteiger partial charge in [-0.25, -0.2) is 0 Å². The van der Waals surface area contributed by atoms with E-state index >= 15 is 0 Å². The summed E-state index contributed by atoms with van der Waals surface area (Å²) in [5, 5.41) is 0.657. The molecule has 0 bridgehead atoms. The summed E-state index contributed by atoms with van der Waals surface area (Å²) in [5.74, 6) is 1.15. The zero-order valence-corrected chi connectivity index (χ0v) is 10.7. The standard InChI is InChI=1S/C12H23NOS/c1-12(2)6-5-10(11(12)13)15-8-9-4-3-7-14-9/h9-11H,3-8,13H2,1-2H3. The van der Waals surface area contributed by atoms with Gasteiger partial charge in [0.05, 0.1) is 6.10 Å². The van der Waals surface area contributed by atoms with Crippen molar-refractivity contribution >= 4 is 11.8 Å². The molecule has 0 amide bonds. The minimum Gasteiger partial charge on any atom is -0.377 e. The minimum atomic E-state index is 0.341. The van der Waals surface area contributed by atoms with Crippen LogP contribution in [0.1, 0.15) is 39.5 Å². The summed E-state index contributed by atoms with van der Waals surface area (Å²) in [5.41, 5.74) is 6.62. The topological polar surface area (TPSA) is 35.2 Å². The molecule has 1 saturated carbocycles. The third-order valence-electron chi connectivity index (χ3n) is 3.90. The molecule has 3 unspecified atom stereocenters. The SMILES string of the molecule is CC1(C)CCC(SCC2CCCO2)C1N. The molecular formula is C12H23NOS. The van der Waals surface area contributed by atoms with Crippen LogP contribution in [0.5, 0.6) is 0 Å². The van der Waals surface area contributed by atoms with E-state index in [0.29, 0.717) is 22.8 Å². The van der Waals surface area contributed by atoms with Crippen molar-refractivity contribution in [3.05, 3.63) is 0 Å². The van der Waals surface area contributed by atoms with Crippen LogP contribution in [-0.2, 0) is 4.74 Å². The van der Waals surface area contributed by atoms with Gasteiger partial charge in [-0.15, -0.1) is 0 Å². The summed E-state index contributed by atoms with van der Waals surface area (Å²) >= 11 is 2.04. The average molecular weight is 229 g/mol. The smallest absolute Gasteiger partial charge is 0.0666 e. The summed E-state index contributed by atoms with van der Waals surface area (Å²) < 4.78 is 5.64. The quantitative estimate of drug-likeness (QED) is 0.807. The Morgan fingerprint density at radius 1 is 1.40 bits per heavy atom. The maximum Gasteiger partial charge on any atom is 0.0666 e. The van der Waals surface area contributed by atoms with Crippen molar-refractivity contribution in [2.45, 2.75) is 56.9 Å². The van der Waals surface area contributed by atoms with E-state index in [1.165, 1.54) is 25.7 Å². The third-order valence-corrected chi connectivity index (χ3v) is 5.42. The Balaban J connectivity index is 1.75. The van der Waals surface area contributed by atoms with Gasteiger partial charge in [0.1, 0.15) is 0 Å². The van der Waals surface area contributed by atoms with E-state index in [1.54, 1.807) is 0 Å². The highest BCUT2D eigenvalue weighted by Crippen LogP contribution is 2.42. The number of thioether (sulfide) groups is 1. The second kappa shape index (κ2) is 4.64. The van der Waals surface area contributed by atoms with Crippen LogP contribution in [-0.4, -0.2) is 29.8 Å². The van der Waals surface area contributed by atoms with Gasteiger partial charge in [-0.2, -0.15) is 11.8 Å². The van der Waals surface area contributed by atoms with Crippen LogP contribution in [0, 0.1) is 5.41 Å². The van der Waals surface area contributed by atoms with Crippen LogP contribution >= 0.6 is 11.8 Å². The highest BCUT2D eigenvalue weighted by Gasteiger charge is 2.39. The van der Waals surface area contributed by atoms with Crippen LogP contribution in [0.15, 0.2) is 0 Å². The van der Waals surface area contributed by atoms with Crippen LogP contribution < -0.4 is 5.73 Å². The van der Waals surface area contributed by atoms with Crippen molar-refractivity contribution in [1.29, 1.82) is 0 Å². The zero-order valence-electron chi connectivity index (χ0n) is 9.87. The largest absolute Gasteiger partial charge is 0.377 e. The van der Waals surface area contributed by atoms with Crippen molar-refractivity contribution in [3.8, 4) is 0 Å². The average Bonchev–Trinajstić information content (AvgIpc) is 2.76. The normalized spacial score (nSPS) is 39.8. The molecule has 0 aromatic heterocycles. The van der Waals surface area contributed by atoms with Crippen molar-refractivity contribution in [1.82, 2.24) is 0 Å². The van der Waals surface area contributed by atoms with Gasteiger partial charge in [0.15, 0.2) is 0 Å². The molecule has 0 spiro atoms. The Kier molecular flexibility index (Phi) is 3.63. The number of hydrogen-bond acceptors (Lipinski definition) is 3. The first-order valence-corrected chi connectivity index (χ1v) is 7.13. The number of ether oxygens (including phenoxy) is 1. The van der Waals surface area contributed by atoms with Crippen LogP contribution in [0.4, 0.5) is 0 Å². The Hall–Kier alpha value is 0.270. The zero-order chi connectivity index (χ0) is 10.9. The molecule has 0 aromatic rings. The van der Waals surface area contributed by atoms with Gasteiger partial charge in [0.25, 0.3) is 0 Å². The molecule has 0 radical (unpaired) electrons. The molecule has 1 heterocycles. The molecule has 3 atom stereocenters. The van der Waals surface area contributed by atoms with Crippen LogP contribution in [0.3, 0.4) is 0 Å². The lowest BCUT2D eigenvalue weighted by Gasteiger charge is -2.27. The summed E-state index contributed by atoms with van der Waals surface area (Å²) in [4.78, 5) is 0. The molecule has 2 N–H and O–H groups in total. The third kappa shape index (κ3) is 2.69. The molecule has 1 aliphatic heterocycles. The number of nitrogens with two attached hydrogens (primary N) is 1. The summed E-state index contributed by atoms with van der Waals surface area (Å²) in [6.07, 6.45) is 5.56. The Morgan fingerprint density at radius 2 is 2.20 bits per heavy atom. The molecule has 1 aliphatic carbocycles. The van der Waals surface area contributed by atoms with E-state index in [1.807, 2.05) is 11.8 Å².